The van der Waals surface area contributed by atoms with Crippen LogP contribution < -0.4 is 5.32 Å². The Labute approximate surface area is 256 Å². The molecule has 0 unspecified atom stereocenters. The van der Waals surface area contributed by atoms with Gasteiger partial charge in [0.05, 0.1) is 52.8 Å². The number of fused-ring (bicyclic) bond motifs is 1. The van der Waals surface area contributed by atoms with Crippen LogP contribution in [0.4, 0.5) is 13.2 Å². The first-order valence-corrected chi connectivity index (χ1v) is 17.9. The van der Waals surface area contributed by atoms with E-state index in [0.717, 1.165) is 17.7 Å². The average molecular weight is 664 g/mol. The number of rotatable bonds is 9. The molecule has 1 amide bonds. The van der Waals surface area contributed by atoms with E-state index >= 15 is 0 Å². The number of hydrogen-bond donors (Lipinski definition) is 3. The van der Waals surface area contributed by atoms with Gasteiger partial charge in [-0.05, 0) is 67.3 Å². The third kappa shape index (κ3) is 9.70. The van der Waals surface area contributed by atoms with Crippen LogP contribution in [0.15, 0.2) is 41.4 Å². The van der Waals surface area contributed by atoms with Crippen molar-refractivity contribution in [3.05, 3.63) is 58.9 Å². The van der Waals surface area contributed by atoms with Crippen molar-refractivity contribution >= 4 is 25.9 Å². The van der Waals surface area contributed by atoms with E-state index in [1.165, 1.54) is 18.3 Å². The fourth-order valence-corrected chi connectivity index (χ4v) is 6.66. The molecular formula is C29H40F3N3O7S2. The Hall–Kier alpha value is -2.59. The standard InChI is InChI=1S/C28H36F3N3O4S.CH4O3S/c1-3-25-26-21(16-34(25)15-18-5-9-22(10-6-18)28(29,30)31)13-20(14-32-26)27(36)33-24(17-35)19-7-11-23(12-8-19)39(37,38)4-2;1-5(2,3)4/h7-8,11-14,18,22,24-25,35H,3-6,9-10,15-17H2,1-2H3,(H,33,36);1H3,(H,2,3,4)/t18?,22?,24-,25-;/m0./s1. The first kappa shape index (κ1) is 35.9. The molecule has 1 aromatic carbocycles. The SMILES string of the molecule is CC[C@H]1c2ncc(C(=O)N[C@@H](CO)c3ccc(S(=O)(=O)CC)cc3)cc2CN1CC1CCC(C(F)(F)F)CC1.CS(=O)(=O)O. The van der Waals surface area contributed by atoms with Crippen LogP contribution in [0.25, 0.3) is 0 Å². The van der Waals surface area contributed by atoms with E-state index in [1.807, 2.05) is 0 Å². The van der Waals surface area contributed by atoms with Gasteiger partial charge < -0.3 is 10.4 Å². The molecule has 246 valence electrons. The van der Waals surface area contributed by atoms with E-state index in [1.54, 1.807) is 25.1 Å². The number of carbonyl (C=O) groups is 1. The number of pyridine rings is 1. The number of benzene rings is 1. The maximum absolute atomic E-state index is 13.1. The zero-order valence-electron chi connectivity index (χ0n) is 24.9. The fraction of sp³-hybridized carbons (Fsp3) is 0.586. The molecular weight excluding hydrogens is 623 g/mol. The van der Waals surface area contributed by atoms with Crippen LogP contribution >= 0.6 is 0 Å². The summed E-state index contributed by atoms with van der Waals surface area (Å²) in [4.78, 5) is 20.1. The number of hydrogen-bond acceptors (Lipinski definition) is 8. The number of nitrogens with one attached hydrogen (secondary N) is 1. The molecule has 10 nitrogen and oxygen atoms in total. The lowest BCUT2D eigenvalue weighted by Crippen LogP contribution is -2.33. The number of aliphatic hydroxyl groups excluding tert-OH is 1. The summed E-state index contributed by atoms with van der Waals surface area (Å²) in [6, 6.07) is 7.22. The van der Waals surface area contributed by atoms with Gasteiger partial charge >= 0.3 is 6.18 Å². The summed E-state index contributed by atoms with van der Waals surface area (Å²) in [7, 11) is -7.02. The molecule has 3 N–H and O–H groups in total. The number of aromatic nitrogens is 1. The first-order valence-electron chi connectivity index (χ1n) is 14.4. The average Bonchev–Trinajstić information content (AvgIpc) is 3.30. The van der Waals surface area contributed by atoms with Gasteiger partial charge in [-0.25, -0.2) is 8.42 Å². The van der Waals surface area contributed by atoms with Crippen molar-refractivity contribution in [2.24, 2.45) is 11.8 Å². The molecule has 15 heteroatoms. The summed E-state index contributed by atoms with van der Waals surface area (Å²) in [6.07, 6.45) is 0.392. The number of alkyl halides is 3. The highest BCUT2D eigenvalue weighted by Crippen LogP contribution is 2.42. The van der Waals surface area contributed by atoms with E-state index < -0.39 is 44.0 Å². The van der Waals surface area contributed by atoms with Gasteiger partial charge in [-0.3, -0.25) is 19.2 Å². The van der Waals surface area contributed by atoms with Crippen molar-refractivity contribution < 1.29 is 44.5 Å². The summed E-state index contributed by atoms with van der Waals surface area (Å²) >= 11 is 0. The van der Waals surface area contributed by atoms with Crippen molar-refractivity contribution in [1.29, 1.82) is 0 Å². The monoisotopic (exact) mass is 663 g/mol. The van der Waals surface area contributed by atoms with Crippen molar-refractivity contribution in [3.63, 3.8) is 0 Å². The van der Waals surface area contributed by atoms with Crippen molar-refractivity contribution in [2.75, 3.05) is 25.2 Å². The lowest BCUT2D eigenvalue weighted by molar-refractivity contribution is -0.184. The molecule has 1 saturated carbocycles. The summed E-state index contributed by atoms with van der Waals surface area (Å²) < 4.78 is 89.2. The largest absolute Gasteiger partial charge is 0.394 e. The van der Waals surface area contributed by atoms with Crippen LogP contribution in [-0.4, -0.2) is 73.6 Å². The van der Waals surface area contributed by atoms with Crippen molar-refractivity contribution in [3.8, 4) is 0 Å². The number of sulfone groups is 1. The van der Waals surface area contributed by atoms with E-state index in [2.05, 4.69) is 22.1 Å². The lowest BCUT2D eigenvalue weighted by atomic mass is 9.81. The Morgan fingerprint density at radius 1 is 1.09 bits per heavy atom. The number of aliphatic hydroxyl groups is 1. The minimum absolute atomic E-state index is 0.0205. The minimum Gasteiger partial charge on any atom is -0.394 e. The van der Waals surface area contributed by atoms with Crippen LogP contribution in [0.3, 0.4) is 0 Å². The van der Waals surface area contributed by atoms with Gasteiger partial charge in [-0.2, -0.15) is 21.6 Å². The number of nitrogens with zero attached hydrogens (tertiary/aromatic N) is 2. The van der Waals surface area contributed by atoms with Gasteiger partial charge in [0.15, 0.2) is 9.84 Å². The van der Waals surface area contributed by atoms with Crippen LogP contribution in [-0.2, 0) is 26.5 Å². The molecule has 2 aromatic rings. The summed E-state index contributed by atoms with van der Waals surface area (Å²) in [5.74, 6) is -1.42. The molecule has 0 radical (unpaired) electrons. The Bertz CT molecular complexity index is 1490. The normalized spacial score (nSPS) is 21.6. The minimum atomic E-state index is -4.12. The molecule has 2 atom stereocenters. The third-order valence-corrected chi connectivity index (χ3v) is 9.84. The number of amides is 1. The van der Waals surface area contributed by atoms with Crippen molar-refractivity contribution in [1.82, 2.24) is 15.2 Å². The zero-order valence-corrected chi connectivity index (χ0v) is 26.6. The number of carbonyl (C=O) groups excluding carboxylic acids is 1. The lowest BCUT2D eigenvalue weighted by Gasteiger charge is -2.33. The fourth-order valence-electron chi connectivity index (χ4n) is 5.77. The summed E-state index contributed by atoms with van der Waals surface area (Å²) in [5, 5.41) is 12.7. The van der Waals surface area contributed by atoms with E-state index in [9.17, 15) is 39.9 Å². The second-order valence-electron chi connectivity index (χ2n) is 11.3. The molecule has 2 aliphatic rings. The summed E-state index contributed by atoms with van der Waals surface area (Å²) in [6.45, 7) is 4.54. The second-order valence-corrected chi connectivity index (χ2v) is 15.0. The van der Waals surface area contributed by atoms with Gasteiger partial charge in [-0.15, -0.1) is 0 Å². The maximum atomic E-state index is 13.1. The zero-order chi connectivity index (χ0) is 32.9. The van der Waals surface area contributed by atoms with E-state index in [-0.39, 0.29) is 42.1 Å². The quantitative estimate of drug-likeness (QED) is 0.330. The topological polar surface area (TPSA) is 154 Å². The highest BCUT2D eigenvalue weighted by Gasteiger charge is 2.42. The van der Waals surface area contributed by atoms with Crippen LogP contribution in [0.1, 0.15) is 85.2 Å². The molecule has 44 heavy (non-hydrogen) atoms. The highest BCUT2D eigenvalue weighted by atomic mass is 32.2. The molecule has 4 rings (SSSR count). The molecule has 1 fully saturated rings. The third-order valence-electron chi connectivity index (χ3n) is 8.09. The molecule has 1 aliphatic heterocycles. The van der Waals surface area contributed by atoms with Gasteiger partial charge in [-0.1, -0.05) is 26.0 Å². The molecule has 0 bridgehead atoms. The van der Waals surface area contributed by atoms with Crippen LogP contribution in [0, 0.1) is 11.8 Å². The van der Waals surface area contributed by atoms with Gasteiger partial charge in [0, 0.05) is 19.3 Å². The molecule has 1 aromatic heterocycles. The first-order chi connectivity index (χ1) is 20.5. The van der Waals surface area contributed by atoms with Crippen LogP contribution in [0.2, 0.25) is 0 Å². The smallest absolute Gasteiger partial charge is 0.391 e. The molecule has 1 aliphatic carbocycles. The van der Waals surface area contributed by atoms with Gasteiger partial charge in [0.2, 0.25) is 0 Å². The van der Waals surface area contributed by atoms with E-state index in [0.29, 0.717) is 43.3 Å². The molecule has 0 spiro atoms. The van der Waals surface area contributed by atoms with Gasteiger partial charge in [0.1, 0.15) is 0 Å². The summed E-state index contributed by atoms with van der Waals surface area (Å²) in [5.41, 5.74) is 2.74. The van der Waals surface area contributed by atoms with Crippen LogP contribution in [0.5, 0.6) is 0 Å². The van der Waals surface area contributed by atoms with E-state index in [4.69, 9.17) is 4.55 Å². The predicted octanol–water partition coefficient (Wildman–Crippen LogP) is 4.48. The Morgan fingerprint density at radius 3 is 2.18 bits per heavy atom. The Morgan fingerprint density at radius 2 is 1.68 bits per heavy atom. The second kappa shape index (κ2) is 14.7. The Balaban J connectivity index is 0.000000978. The maximum Gasteiger partial charge on any atom is 0.391 e. The molecule has 0 saturated heterocycles. The predicted molar refractivity (Wildman–Crippen MR) is 158 cm³/mol. The Kier molecular flexibility index (Phi) is 12.0. The molecule has 2 heterocycles. The highest BCUT2D eigenvalue weighted by molar-refractivity contribution is 7.91. The number of halogens is 3. The van der Waals surface area contributed by atoms with Crippen molar-refractivity contribution in [2.45, 2.75) is 75.7 Å². The van der Waals surface area contributed by atoms with Gasteiger partial charge in [0.25, 0.3) is 16.0 Å².